The molecular weight excluding hydrogens is 271 g/mol. The number of rotatable bonds is 3. The predicted octanol–water partition coefficient (Wildman–Crippen LogP) is 2.84. The number of thiazole rings is 1. The van der Waals surface area contributed by atoms with Crippen molar-refractivity contribution >= 4 is 27.1 Å². The van der Waals surface area contributed by atoms with Crippen LogP contribution in [0, 0.1) is 5.82 Å². The van der Waals surface area contributed by atoms with Crippen LogP contribution in [-0.2, 0) is 16.6 Å². The van der Waals surface area contributed by atoms with E-state index in [0.717, 1.165) is 10.7 Å². The van der Waals surface area contributed by atoms with E-state index in [9.17, 15) is 8.60 Å². The molecule has 0 aliphatic rings. The fourth-order valence-corrected chi connectivity index (χ4v) is 3.38. The minimum absolute atomic E-state index is 0.321. The van der Waals surface area contributed by atoms with Gasteiger partial charge in [-0.05, 0) is 24.3 Å². The molecule has 0 bridgehead atoms. The van der Waals surface area contributed by atoms with Crippen molar-refractivity contribution in [1.29, 1.82) is 0 Å². The number of benzene rings is 1. The second-order valence-corrected chi connectivity index (χ2v) is 6.09. The lowest BCUT2D eigenvalue weighted by atomic mass is 10.4. The van der Waals surface area contributed by atoms with Crippen molar-refractivity contribution in [3.05, 3.63) is 53.6 Å². The van der Waals surface area contributed by atoms with Crippen molar-refractivity contribution in [2.45, 2.75) is 10.6 Å². The molecule has 0 spiro atoms. The van der Waals surface area contributed by atoms with E-state index in [1.54, 1.807) is 12.1 Å². The lowest BCUT2D eigenvalue weighted by Gasteiger charge is -1.99. The van der Waals surface area contributed by atoms with E-state index in [4.69, 9.17) is 0 Å². The standard InChI is InChI=1S/C12H9FN2OS2/c13-9-1-3-11(4-2-9)18(16)8-10-7-15-5-6-17-12(15)14-10/h1-7H,8H2. The number of hydrogen-bond acceptors (Lipinski definition) is 3. The Bertz CT molecular complexity index is 674. The van der Waals surface area contributed by atoms with Crippen LogP contribution in [0.15, 0.2) is 46.9 Å². The molecule has 0 saturated heterocycles. The van der Waals surface area contributed by atoms with Gasteiger partial charge in [-0.1, -0.05) is 0 Å². The van der Waals surface area contributed by atoms with Gasteiger partial charge in [-0.15, -0.1) is 11.3 Å². The van der Waals surface area contributed by atoms with Crippen LogP contribution in [0.4, 0.5) is 4.39 Å². The number of nitrogens with zero attached hydrogens (tertiary/aromatic N) is 2. The van der Waals surface area contributed by atoms with E-state index in [0.29, 0.717) is 10.6 Å². The van der Waals surface area contributed by atoms with E-state index in [2.05, 4.69) is 4.98 Å². The molecule has 0 fully saturated rings. The second-order valence-electron chi connectivity index (χ2n) is 3.77. The monoisotopic (exact) mass is 280 g/mol. The Labute approximate surface area is 109 Å². The van der Waals surface area contributed by atoms with Crippen molar-refractivity contribution < 1.29 is 8.60 Å². The fraction of sp³-hybridized carbons (Fsp3) is 0.0833. The summed E-state index contributed by atoms with van der Waals surface area (Å²) in [5.74, 6) is 0.0262. The molecule has 18 heavy (non-hydrogen) atoms. The van der Waals surface area contributed by atoms with Gasteiger partial charge in [-0.2, -0.15) is 0 Å². The average molecular weight is 280 g/mol. The first-order chi connectivity index (χ1) is 8.72. The van der Waals surface area contributed by atoms with Crippen molar-refractivity contribution in [2.24, 2.45) is 0 Å². The number of halogens is 1. The van der Waals surface area contributed by atoms with Crippen molar-refractivity contribution in [2.75, 3.05) is 0 Å². The molecule has 0 aliphatic heterocycles. The van der Waals surface area contributed by atoms with Crippen molar-refractivity contribution in [3.63, 3.8) is 0 Å². The fourth-order valence-electron chi connectivity index (χ4n) is 1.65. The first kappa shape index (κ1) is 11.6. The molecular formula is C12H9FN2OS2. The van der Waals surface area contributed by atoms with Gasteiger partial charge in [0, 0.05) is 22.7 Å². The molecule has 0 amide bonds. The summed E-state index contributed by atoms with van der Waals surface area (Å²) >= 11 is 1.54. The van der Waals surface area contributed by atoms with E-state index in [1.807, 2.05) is 22.2 Å². The molecule has 6 heteroatoms. The van der Waals surface area contributed by atoms with Crippen LogP contribution >= 0.6 is 11.3 Å². The summed E-state index contributed by atoms with van der Waals surface area (Å²) in [5.41, 5.74) is 0.782. The zero-order valence-electron chi connectivity index (χ0n) is 9.25. The number of imidazole rings is 1. The molecule has 1 unspecified atom stereocenters. The Morgan fingerprint density at radius 2 is 2.11 bits per heavy atom. The van der Waals surface area contributed by atoms with E-state index >= 15 is 0 Å². The van der Waals surface area contributed by atoms with Crippen LogP contribution in [0.1, 0.15) is 5.69 Å². The summed E-state index contributed by atoms with van der Waals surface area (Å²) < 4.78 is 26.7. The van der Waals surface area contributed by atoms with E-state index in [-0.39, 0.29) is 5.82 Å². The summed E-state index contributed by atoms with van der Waals surface area (Å²) in [6.45, 7) is 0. The first-order valence-electron chi connectivity index (χ1n) is 5.27. The molecule has 2 heterocycles. The molecule has 3 rings (SSSR count). The highest BCUT2D eigenvalue weighted by atomic mass is 32.2. The summed E-state index contributed by atoms with van der Waals surface area (Å²) in [5, 5.41) is 1.95. The van der Waals surface area contributed by atoms with Crippen LogP contribution < -0.4 is 0 Å². The van der Waals surface area contributed by atoms with Crippen LogP contribution in [0.25, 0.3) is 4.96 Å². The average Bonchev–Trinajstić information content (AvgIpc) is 2.90. The number of aromatic nitrogens is 2. The van der Waals surface area contributed by atoms with Gasteiger partial charge in [0.25, 0.3) is 0 Å². The number of hydrogen-bond donors (Lipinski definition) is 0. The van der Waals surface area contributed by atoms with E-state index < -0.39 is 10.8 Å². The Kier molecular flexibility index (Phi) is 2.97. The Morgan fingerprint density at radius 1 is 1.33 bits per heavy atom. The Balaban J connectivity index is 1.82. The summed E-state index contributed by atoms with van der Waals surface area (Å²) in [6, 6.07) is 5.73. The zero-order valence-corrected chi connectivity index (χ0v) is 10.9. The summed E-state index contributed by atoms with van der Waals surface area (Å²) in [6.07, 6.45) is 3.78. The van der Waals surface area contributed by atoms with Crippen molar-refractivity contribution in [1.82, 2.24) is 9.38 Å². The topological polar surface area (TPSA) is 34.4 Å². The molecule has 1 aromatic carbocycles. The highest BCUT2D eigenvalue weighted by Crippen LogP contribution is 2.16. The molecule has 0 saturated carbocycles. The molecule has 3 nitrogen and oxygen atoms in total. The minimum Gasteiger partial charge on any atom is -0.297 e. The highest BCUT2D eigenvalue weighted by molar-refractivity contribution is 7.84. The van der Waals surface area contributed by atoms with Crippen LogP contribution in [-0.4, -0.2) is 13.6 Å². The van der Waals surface area contributed by atoms with Gasteiger partial charge >= 0.3 is 0 Å². The predicted molar refractivity (Wildman–Crippen MR) is 69.6 cm³/mol. The normalized spacial score (nSPS) is 12.9. The van der Waals surface area contributed by atoms with Gasteiger partial charge in [-0.25, -0.2) is 9.37 Å². The highest BCUT2D eigenvalue weighted by Gasteiger charge is 2.09. The van der Waals surface area contributed by atoms with Crippen LogP contribution in [0.5, 0.6) is 0 Å². The lowest BCUT2D eigenvalue weighted by Crippen LogP contribution is -1.96. The lowest BCUT2D eigenvalue weighted by molar-refractivity contribution is 0.626. The largest absolute Gasteiger partial charge is 0.297 e. The number of fused-ring (bicyclic) bond motifs is 1. The van der Waals surface area contributed by atoms with Gasteiger partial charge in [0.1, 0.15) is 5.82 Å². The molecule has 0 N–H and O–H groups in total. The van der Waals surface area contributed by atoms with Crippen LogP contribution in [0.3, 0.4) is 0 Å². The maximum atomic E-state index is 12.8. The molecule has 92 valence electrons. The zero-order chi connectivity index (χ0) is 12.5. The third kappa shape index (κ3) is 2.21. The molecule has 1 atom stereocenters. The smallest absolute Gasteiger partial charge is 0.193 e. The molecule has 0 aliphatic carbocycles. The third-order valence-electron chi connectivity index (χ3n) is 2.50. The van der Waals surface area contributed by atoms with Gasteiger partial charge in [-0.3, -0.25) is 8.61 Å². The van der Waals surface area contributed by atoms with Gasteiger partial charge in [0.15, 0.2) is 4.96 Å². The molecule has 3 aromatic rings. The third-order valence-corrected chi connectivity index (χ3v) is 4.63. The summed E-state index contributed by atoms with van der Waals surface area (Å²) in [4.78, 5) is 5.88. The molecule has 0 radical (unpaired) electrons. The van der Waals surface area contributed by atoms with Gasteiger partial charge in [0.05, 0.1) is 22.2 Å². The SMILES string of the molecule is O=S(Cc1cn2ccsc2n1)c1ccc(F)cc1. The maximum Gasteiger partial charge on any atom is 0.193 e. The minimum atomic E-state index is -1.19. The first-order valence-corrected chi connectivity index (χ1v) is 7.47. The summed E-state index contributed by atoms with van der Waals surface area (Å²) in [7, 11) is -1.19. The quantitative estimate of drug-likeness (QED) is 0.739. The molecule has 2 aromatic heterocycles. The van der Waals surface area contributed by atoms with Crippen LogP contribution in [0.2, 0.25) is 0 Å². The van der Waals surface area contributed by atoms with E-state index in [1.165, 1.54) is 23.5 Å². The Hall–Kier alpha value is -1.53. The Morgan fingerprint density at radius 3 is 2.83 bits per heavy atom. The van der Waals surface area contributed by atoms with Gasteiger partial charge in [0.2, 0.25) is 0 Å². The van der Waals surface area contributed by atoms with Gasteiger partial charge < -0.3 is 0 Å². The van der Waals surface area contributed by atoms with Crippen molar-refractivity contribution in [3.8, 4) is 0 Å². The second kappa shape index (κ2) is 4.62. The maximum absolute atomic E-state index is 12.8.